The Morgan fingerprint density at radius 2 is 1.82 bits per heavy atom. The third kappa shape index (κ3) is 6.83. The minimum atomic E-state index is -0.321. The molecule has 0 saturated heterocycles. The molecule has 1 aromatic rings. The molecule has 0 bridgehead atoms. The molecule has 0 aliphatic carbocycles. The van der Waals surface area contributed by atoms with Crippen LogP contribution in [0.2, 0.25) is 5.02 Å². The second kappa shape index (κ2) is 10.7. The lowest BCUT2D eigenvalue weighted by atomic mass is 10.2. The van der Waals surface area contributed by atoms with E-state index in [0.29, 0.717) is 42.8 Å². The Bertz CT molecular complexity index is 442. The lowest BCUT2D eigenvalue weighted by molar-refractivity contribution is 0.191. The van der Waals surface area contributed by atoms with Gasteiger partial charge in [-0.15, -0.1) is 0 Å². The molecule has 5 nitrogen and oxygen atoms in total. The van der Waals surface area contributed by atoms with Crippen LogP contribution in [0, 0.1) is 0 Å². The van der Waals surface area contributed by atoms with Gasteiger partial charge in [0.2, 0.25) is 0 Å². The Balaban J connectivity index is 2.53. The monoisotopic (exact) mass is 330 g/mol. The largest absolute Gasteiger partial charge is 0.490 e. The van der Waals surface area contributed by atoms with Crippen molar-refractivity contribution in [2.75, 3.05) is 32.8 Å². The summed E-state index contributed by atoms with van der Waals surface area (Å²) in [6.07, 6.45) is -0.321. The molecule has 0 aliphatic heterocycles. The van der Waals surface area contributed by atoms with Crippen molar-refractivity contribution in [3.8, 4) is 11.5 Å². The van der Waals surface area contributed by atoms with E-state index >= 15 is 0 Å². The molecule has 0 spiro atoms. The molecule has 6 heteroatoms. The van der Waals surface area contributed by atoms with Crippen molar-refractivity contribution in [2.45, 2.75) is 33.4 Å². The Hall–Kier alpha value is -1.01. The third-order valence-electron chi connectivity index (χ3n) is 2.91. The van der Waals surface area contributed by atoms with E-state index in [-0.39, 0.29) is 6.10 Å². The number of benzene rings is 1. The SMILES string of the molecule is CCOc1cc(CNCCNC[C@H](C)O)cc(Cl)c1OCC. The van der Waals surface area contributed by atoms with E-state index in [4.69, 9.17) is 26.2 Å². The van der Waals surface area contributed by atoms with Crippen LogP contribution in [0.1, 0.15) is 26.3 Å². The molecule has 0 fully saturated rings. The van der Waals surface area contributed by atoms with Gasteiger partial charge in [-0.05, 0) is 38.5 Å². The molecular weight excluding hydrogens is 304 g/mol. The fraction of sp³-hybridized carbons (Fsp3) is 0.625. The molecule has 1 rings (SSSR count). The standard InChI is InChI=1S/C16H27ClN2O3/c1-4-21-15-9-13(8-14(17)16(15)22-5-2)11-19-7-6-18-10-12(3)20/h8-9,12,18-20H,4-7,10-11H2,1-3H3/t12-/m0/s1. The van der Waals surface area contributed by atoms with Gasteiger partial charge in [-0.25, -0.2) is 0 Å². The van der Waals surface area contributed by atoms with Gasteiger partial charge in [-0.1, -0.05) is 11.6 Å². The van der Waals surface area contributed by atoms with Crippen molar-refractivity contribution >= 4 is 11.6 Å². The summed E-state index contributed by atoms with van der Waals surface area (Å²) in [6.45, 7) is 9.63. The summed E-state index contributed by atoms with van der Waals surface area (Å²) in [7, 11) is 0. The van der Waals surface area contributed by atoms with Crippen molar-refractivity contribution in [3.63, 3.8) is 0 Å². The predicted molar refractivity (Wildman–Crippen MR) is 90.0 cm³/mol. The average Bonchev–Trinajstić information content (AvgIpc) is 2.46. The highest BCUT2D eigenvalue weighted by atomic mass is 35.5. The Kier molecular flexibility index (Phi) is 9.24. The van der Waals surface area contributed by atoms with E-state index in [2.05, 4.69) is 10.6 Å². The molecule has 1 aromatic carbocycles. The van der Waals surface area contributed by atoms with Crippen LogP contribution < -0.4 is 20.1 Å². The van der Waals surface area contributed by atoms with Gasteiger partial charge in [-0.3, -0.25) is 0 Å². The van der Waals surface area contributed by atoms with Gasteiger partial charge in [0.1, 0.15) is 0 Å². The number of aliphatic hydroxyl groups excluding tert-OH is 1. The van der Waals surface area contributed by atoms with Gasteiger partial charge in [-0.2, -0.15) is 0 Å². The predicted octanol–water partition coefficient (Wildman–Crippen LogP) is 2.20. The Labute approximate surface area is 138 Å². The van der Waals surface area contributed by atoms with Crippen molar-refractivity contribution in [3.05, 3.63) is 22.7 Å². The summed E-state index contributed by atoms with van der Waals surface area (Å²) >= 11 is 6.27. The van der Waals surface area contributed by atoms with Crippen molar-refractivity contribution in [1.29, 1.82) is 0 Å². The second-order valence-corrected chi connectivity index (χ2v) is 5.41. The number of halogens is 1. The molecular formula is C16H27ClN2O3. The average molecular weight is 331 g/mol. The van der Waals surface area contributed by atoms with Gasteiger partial charge in [0, 0.05) is 26.2 Å². The lowest BCUT2D eigenvalue weighted by Gasteiger charge is -2.15. The number of hydrogen-bond donors (Lipinski definition) is 3. The van der Waals surface area contributed by atoms with Gasteiger partial charge in [0.15, 0.2) is 11.5 Å². The van der Waals surface area contributed by atoms with E-state index in [1.54, 1.807) is 6.92 Å². The number of hydrogen-bond acceptors (Lipinski definition) is 5. The van der Waals surface area contributed by atoms with Crippen molar-refractivity contribution in [1.82, 2.24) is 10.6 Å². The topological polar surface area (TPSA) is 62.8 Å². The maximum Gasteiger partial charge on any atom is 0.179 e. The minimum absolute atomic E-state index is 0.321. The molecule has 22 heavy (non-hydrogen) atoms. The zero-order valence-electron chi connectivity index (χ0n) is 13.6. The molecule has 0 aliphatic rings. The van der Waals surface area contributed by atoms with E-state index < -0.39 is 0 Å². The van der Waals surface area contributed by atoms with Crippen LogP contribution in [-0.2, 0) is 6.54 Å². The summed E-state index contributed by atoms with van der Waals surface area (Å²) in [5, 5.41) is 16.2. The number of rotatable bonds is 11. The van der Waals surface area contributed by atoms with E-state index in [1.165, 1.54) is 0 Å². The maximum absolute atomic E-state index is 9.14. The quantitative estimate of drug-likeness (QED) is 0.543. The van der Waals surface area contributed by atoms with E-state index in [9.17, 15) is 0 Å². The molecule has 1 atom stereocenters. The highest BCUT2D eigenvalue weighted by Crippen LogP contribution is 2.36. The summed E-state index contributed by atoms with van der Waals surface area (Å²) < 4.78 is 11.1. The van der Waals surface area contributed by atoms with Crippen LogP contribution in [0.5, 0.6) is 11.5 Å². The van der Waals surface area contributed by atoms with E-state index in [1.807, 2.05) is 26.0 Å². The fourth-order valence-corrected chi connectivity index (χ4v) is 2.28. The maximum atomic E-state index is 9.14. The zero-order chi connectivity index (χ0) is 16.4. The van der Waals surface area contributed by atoms with Gasteiger partial charge < -0.3 is 25.2 Å². The van der Waals surface area contributed by atoms with Crippen molar-refractivity contribution < 1.29 is 14.6 Å². The van der Waals surface area contributed by atoms with E-state index in [0.717, 1.165) is 18.7 Å². The fourth-order valence-electron chi connectivity index (χ4n) is 1.99. The molecule has 126 valence electrons. The molecule has 0 heterocycles. The third-order valence-corrected chi connectivity index (χ3v) is 3.19. The summed E-state index contributed by atoms with van der Waals surface area (Å²) in [5.41, 5.74) is 1.05. The summed E-state index contributed by atoms with van der Waals surface area (Å²) in [6, 6.07) is 3.85. The van der Waals surface area contributed by atoms with Crippen LogP contribution in [0.25, 0.3) is 0 Å². The smallest absolute Gasteiger partial charge is 0.179 e. The first kappa shape index (κ1) is 19.0. The molecule has 0 radical (unpaired) electrons. The van der Waals surface area contributed by atoms with Crippen LogP contribution in [0.3, 0.4) is 0 Å². The first-order chi connectivity index (χ1) is 10.6. The van der Waals surface area contributed by atoms with Crippen LogP contribution in [-0.4, -0.2) is 44.1 Å². The van der Waals surface area contributed by atoms with Crippen molar-refractivity contribution in [2.24, 2.45) is 0 Å². The first-order valence-electron chi connectivity index (χ1n) is 7.76. The summed E-state index contributed by atoms with van der Waals surface area (Å²) in [4.78, 5) is 0. The molecule has 0 unspecified atom stereocenters. The Morgan fingerprint density at radius 3 is 2.45 bits per heavy atom. The normalized spacial score (nSPS) is 12.2. The van der Waals surface area contributed by atoms with Gasteiger partial charge >= 0.3 is 0 Å². The second-order valence-electron chi connectivity index (χ2n) is 5.00. The lowest BCUT2D eigenvalue weighted by Crippen LogP contribution is -2.31. The first-order valence-corrected chi connectivity index (χ1v) is 8.13. The summed E-state index contributed by atoms with van der Waals surface area (Å²) in [5.74, 6) is 1.29. The van der Waals surface area contributed by atoms with Crippen LogP contribution in [0.15, 0.2) is 12.1 Å². The van der Waals surface area contributed by atoms with Crippen LogP contribution in [0.4, 0.5) is 0 Å². The highest BCUT2D eigenvalue weighted by molar-refractivity contribution is 6.32. The zero-order valence-corrected chi connectivity index (χ0v) is 14.4. The van der Waals surface area contributed by atoms with Crippen LogP contribution >= 0.6 is 11.6 Å². The Morgan fingerprint density at radius 1 is 1.14 bits per heavy atom. The molecule has 3 N–H and O–H groups in total. The highest BCUT2D eigenvalue weighted by Gasteiger charge is 2.12. The van der Waals surface area contributed by atoms with Gasteiger partial charge in [0.25, 0.3) is 0 Å². The number of aliphatic hydroxyl groups is 1. The molecule has 0 saturated carbocycles. The van der Waals surface area contributed by atoms with Gasteiger partial charge in [0.05, 0.1) is 24.3 Å². The number of nitrogens with one attached hydrogen (secondary N) is 2. The molecule has 0 aromatic heterocycles. The molecule has 0 amide bonds. The number of ether oxygens (including phenoxy) is 2. The minimum Gasteiger partial charge on any atom is -0.490 e.